The maximum absolute atomic E-state index is 13.1. The van der Waals surface area contributed by atoms with Gasteiger partial charge in [0.15, 0.2) is 0 Å². The molecule has 0 saturated carbocycles. The molecular formula is C14H21F2N. The molecule has 0 fully saturated rings. The lowest BCUT2D eigenvalue weighted by atomic mass is 9.93. The highest BCUT2D eigenvalue weighted by Crippen LogP contribution is 2.22. The Bertz CT molecular complexity index is 352. The molecule has 96 valence electrons. The number of halogens is 2. The molecule has 0 radical (unpaired) electrons. The molecule has 0 aliphatic carbocycles. The summed E-state index contributed by atoms with van der Waals surface area (Å²) >= 11 is 0. The minimum absolute atomic E-state index is 0.00219. The van der Waals surface area contributed by atoms with Gasteiger partial charge in [0.05, 0.1) is 0 Å². The van der Waals surface area contributed by atoms with Crippen molar-refractivity contribution in [3.05, 3.63) is 35.4 Å². The average molecular weight is 241 g/mol. The van der Waals surface area contributed by atoms with Crippen molar-refractivity contribution in [3.8, 4) is 0 Å². The Kier molecular flexibility index (Phi) is 4.63. The number of rotatable bonds is 5. The van der Waals surface area contributed by atoms with Gasteiger partial charge in [0, 0.05) is 17.6 Å². The van der Waals surface area contributed by atoms with E-state index in [-0.39, 0.29) is 11.6 Å². The summed E-state index contributed by atoms with van der Waals surface area (Å²) in [7, 11) is 0. The van der Waals surface area contributed by atoms with E-state index in [4.69, 9.17) is 0 Å². The van der Waals surface area contributed by atoms with Crippen LogP contribution < -0.4 is 5.32 Å². The molecule has 0 aliphatic rings. The molecule has 0 amide bonds. The van der Waals surface area contributed by atoms with Crippen LogP contribution in [0, 0.1) is 11.6 Å². The fraction of sp³-hybridized carbons (Fsp3) is 0.571. The molecule has 1 aromatic carbocycles. The molecular weight excluding hydrogens is 220 g/mol. The zero-order valence-corrected chi connectivity index (χ0v) is 11.0. The minimum atomic E-state index is -0.525. The predicted octanol–water partition coefficient (Wildman–Crippen LogP) is 4.19. The van der Waals surface area contributed by atoms with Crippen LogP contribution in [0.5, 0.6) is 0 Å². The topological polar surface area (TPSA) is 12.0 Å². The van der Waals surface area contributed by atoms with Crippen LogP contribution in [0.3, 0.4) is 0 Å². The highest BCUT2D eigenvalue weighted by Gasteiger charge is 2.22. The summed E-state index contributed by atoms with van der Waals surface area (Å²) in [4.78, 5) is 0. The van der Waals surface area contributed by atoms with Crippen LogP contribution >= 0.6 is 0 Å². The van der Waals surface area contributed by atoms with E-state index < -0.39 is 11.6 Å². The molecule has 0 heterocycles. The van der Waals surface area contributed by atoms with Crippen LogP contribution in [0.25, 0.3) is 0 Å². The van der Waals surface area contributed by atoms with E-state index in [0.29, 0.717) is 5.56 Å². The molecule has 0 saturated heterocycles. The van der Waals surface area contributed by atoms with Crippen LogP contribution in [0.4, 0.5) is 8.78 Å². The number of benzene rings is 1. The third kappa shape index (κ3) is 3.77. The maximum atomic E-state index is 13.1. The molecule has 1 atom stereocenters. The van der Waals surface area contributed by atoms with Gasteiger partial charge in [-0.25, -0.2) is 8.78 Å². The van der Waals surface area contributed by atoms with E-state index in [1.165, 1.54) is 12.1 Å². The van der Waals surface area contributed by atoms with Crippen molar-refractivity contribution >= 4 is 0 Å². The van der Waals surface area contributed by atoms with Gasteiger partial charge in [-0.2, -0.15) is 0 Å². The highest BCUT2D eigenvalue weighted by molar-refractivity contribution is 5.21. The van der Waals surface area contributed by atoms with Gasteiger partial charge >= 0.3 is 0 Å². The highest BCUT2D eigenvalue weighted by atomic mass is 19.1. The van der Waals surface area contributed by atoms with Gasteiger partial charge < -0.3 is 5.32 Å². The smallest absolute Gasteiger partial charge is 0.126 e. The van der Waals surface area contributed by atoms with Gasteiger partial charge in [-0.15, -0.1) is 0 Å². The van der Waals surface area contributed by atoms with Gasteiger partial charge in [-0.1, -0.05) is 13.8 Å². The summed E-state index contributed by atoms with van der Waals surface area (Å²) in [6.45, 7) is 8.27. The van der Waals surface area contributed by atoms with Gasteiger partial charge in [0.2, 0.25) is 0 Å². The Morgan fingerprint density at radius 3 is 2.00 bits per heavy atom. The Balaban J connectivity index is 2.85. The van der Waals surface area contributed by atoms with Crippen molar-refractivity contribution in [3.63, 3.8) is 0 Å². The van der Waals surface area contributed by atoms with Crippen molar-refractivity contribution in [2.45, 2.75) is 52.1 Å². The summed E-state index contributed by atoms with van der Waals surface area (Å²) in [5, 5.41) is 3.43. The Morgan fingerprint density at radius 1 is 1.12 bits per heavy atom. The molecule has 3 heteroatoms. The third-order valence-corrected chi connectivity index (χ3v) is 3.51. The molecule has 0 spiro atoms. The van der Waals surface area contributed by atoms with E-state index >= 15 is 0 Å². The van der Waals surface area contributed by atoms with E-state index in [9.17, 15) is 8.78 Å². The van der Waals surface area contributed by atoms with Crippen LogP contribution in [0.1, 0.15) is 52.1 Å². The van der Waals surface area contributed by atoms with Crippen molar-refractivity contribution in [1.82, 2.24) is 5.32 Å². The second kappa shape index (κ2) is 5.58. The first-order valence-corrected chi connectivity index (χ1v) is 6.14. The average Bonchev–Trinajstić information content (AvgIpc) is 2.27. The Hall–Kier alpha value is -0.960. The zero-order valence-electron chi connectivity index (χ0n) is 11.0. The second-order valence-electron chi connectivity index (χ2n) is 4.84. The fourth-order valence-electron chi connectivity index (χ4n) is 1.89. The summed E-state index contributed by atoms with van der Waals surface area (Å²) in [6.07, 6.45) is 1.96. The first-order chi connectivity index (χ1) is 7.90. The predicted molar refractivity (Wildman–Crippen MR) is 66.9 cm³/mol. The van der Waals surface area contributed by atoms with E-state index in [0.717, 1.165) is 18.9 Å². The summed E-state index contributed by atoms with van der Waals surface area (Å²) in [6, 6.07) is 3.60. The molecule has 0 unspecified atom stereocenters. The van der Waals surface area contributed by atoms with Crippen molar-refractivity contribution < 1.29 is 8.78 Å². The largest absolute Gasteiger partial charge is 0.305 e. The number of nitrogens with one attached hydrogen (secondary N) is 1. The molecule has 0 aromatic heterocycles. The standard InChI is InChI=1S/C14H21F2N/c1-5-14(4,6-2)17-10(3)11-7-12(15)9-13(16)8-11/h7-10,17H,5-6H2,1-4H3/t10-/m0/s1. The van der Waals surface area contributed by atoms with E-state index in [1.54, 1.807) is 0 Å². The van der Waals surface area contributed by atoms with Crippen LogP contribution in [0.15, 0.2) is 18.2 Å². The summed E-state index contributed by atoms with van der Waals surface area (Å²) < 4.78 is 26.2. The molecule has 17 heavy (non-hydrogen) atoms. The maximum Gasteiger partial charge on any atom is 0.126 e. The minimum Gasteiger partial charge on any atom is -0.305 e. The molecule has 1 N–H and O–H groups in total. The zero-order chi connectivity index (χ0) is 13.1. The number of hydrogen-bond acceptors (Lipinski definition) is 1. The van der Waals surface area contributed by atoms with Crippen molar-refractivity contribution in [2.24, 2.45) is 0 Å². The van der Waals surface area contributed by atoms with Crippen molar-refractivity contribution in [2.75, 3.05) is 0 Å². The van der Waals surface area contributed by atoms with Crippen LogP contribution in [-0.4, -0.2) is 5.54 Å². The normalized spacial score (nSPS) is 13.8. The molecule has 0 bridgehead atoms. The lowest BCUT2D eigenvalue weighted by Gasteiger charge is -2.32. The van der Waals surface area contributed by atoms with Crippen LogP contribution in [-0.2, 0) is 0 Å². The molecule has 1 aromatic rings. The quantitative estimate of drug-likeness (QED) is 0.815. The third-order valence-electron chi connectivity index (χ3n) is 3.51. The number of hydrogen-bond donors (Lipinski definition) is 1. The van der Waals surface area contributed by atoms with E-state index in [1.807, 2.05) is 6.92 Å². The fourth-order valence-corrected chi connectivity index (χ4v) is 1.89. The first kappa shape index (κ1) is 14.1. The molecule has 1 rings (SSSR count). The second-order valence-corrected chi connectivity index (χ2v) is 4.84. The van der Waals surface area contributed by atoms with Crippen LogP contribution in [0.2, 0.25) is 0 Å². The van der Waals surface area contributed by atoms with Gasteiger partial charge in [0.25, 0.3) is 0 Å². The first-order valence-electron chi connectivity index (χ1n) is 6.14. The van der Waals surface area contributed by atoms with Gasteiger partial charge in [-0.3, -0.25) is 0 Å². The SMILES string of the molecule is CCC(C)(CC)N[C@@H](C)c1cc(F)cc(F)c1. The molecule has 1 nitrogen and oxygen atoms in total. The van der Waals surface area contributed by atoms with E-state index in [2.05, 4.69) is 26.1 Å². The summed E-state index contributed by atoms with van der Waals surface area (Å²) in [5.41, 5.74) is 0.651. The Morgan fingerprint density at radius 2 is 1.59 bits per heavy atom. The Labute approximate surface area is 102 Å². The van der Waals surface area contributed by atoms with Gasteiger partial charge in [0.1, 0.15) is 11.6 Å². The van der Waals surface area contributed by atoms with Crippen molar-refractivity contribution in [1.29, 1.82) is 0 Å². The lowest BCUT2D eigenvalue weighted by molar-refractivity contribution is 0.298. The molecule has 0 aliphatic heterocycles. The monoisotopic (exact) mass is 241 g/mol. The summed E-state index contributed by atoms with van der Waals surface area (Å²) in [5.74, 6) is -1.05. The lowest BCUT2D eigenvalue weighted by Crippen LogP contribution is -2.42. The van der Waals surface area contributed by atoms with Gasteiger partial charge in [-0.05, 0) is 44.4 Å².